The van der Waals surface area contributed by atoms with E-state index in [1.165, 1.54) is 18.4 Å². The zero-order valence-corrected chi connectivity index (χ0v) is 19.4. The summed E-state index contributed by atoms with van der Waals surface area (Å²) in [7, 11) is 1.33. The Balaban J connectivity index is 1.89. The zero-order valence-electron chi connectivity index (χ0n) is 18.6. The third-order valence-corrected chi connectivity index (χ3v) is 5.84. The number of fused-ring (bicyclic) bond motifs is 1. The maximum absolute atomic E-state index is 12.8. The highest BCUT2D eigenvalue weighted by Gasteiger charge is 2.13. The lowest BCUT2D eigenvalue weighted by molar-refractivity contribution is -0.141. The highest BCUT2D eigenvalue weighted by Crippen LogP contribution is 2.24. The first-order valence-electron chi connectivity index (χ1n) is 10.7. The van der Waals surface area contributed by atoms with Gasteiger partial charge in [-0.25, -0.2) is 0 Å². The second-order valence-corrected chi connectivity index (χ2v) is 8.12. The van der Waals surface area contributed by atoms with Crippen molar-refractivity contribution >= 4 is 33.4 Å². The molecule has 7 nitrogen and oxygen atoms in total. The molecule has 0 saturated heterocycles. The van der Waals surface area contributed by atoms with Crippen LogP contribution >= 0.6 is 11.3 Å². The van der Waals surface area contributed by atoms with Crippen molar-refractivity contribution in [1.29, 1.82) is 0 Å². The van der Waals surface area contributed by atoms with E-state index in [1.807, 2.05) is 25.1 Å². The number of amides is 1. The molecule has 0 atom stereocenters. The normalized spacial score (nSPS) is 11.5. The Bertz CT molecular complexity index is 1130. The Kier molecular flexibility index (Phi) is 8.44. The van der Waals surface area contributed by atoms with Crippen LogP contribution in [0.4, 0.5) is 0 Å². The summed E-state index contributed by atoms with van der Waals surface area (Å²) >= 11 is 1.32. The second-order valence-electron chi connectivity index (χ2n) is 7.11. The molecule has 1 heterocycles. The van der Waals surface area contributed by atoms with Crippen LogP contribution in [0, 0.1) is 0 Å². The SMILES string of the molecule is CCCCCOc1ccc(C(=O)N=c2sc3cc(OCC)ccc3n2CC(=O)OC)cc1. The van der Waals surface area contributed by atoms with Crippen molar-refractivity contribution in [3.05, 3.63) is 52.8 Å². The molecule has 0 radical (unpaired) electrons. The molecule has 8 heteroatoms. The molecule has 1 amide bonds. The minimum absolute atomic E-state index is 0.0405. The number of rotatable bonds is 10. The maximum Gasteiger partial charge on any atom is 0.325 e. The van der Waals surface area contributed by atoms with Gasteiger partial charge in [0.1, 0.15) is 18.0 Å². The smallest absolute Gasteiger partial charge is 0.325 e. The monoisotopic (exact) mass is 456 g/mol. The van der Waals surface area contributed by atoms with Gasteiger partial charge in [-0.3, -0.25) is 9.59 Å². The summed E-state index contributed by atoms with van der Waals surface area (Å²) in [5.41, 5.74) is 1.23. The third kappa shape index (κ3) is 5.97. The highest BCUT2D eigenvalue weighted by molar-refractivity contribution is 7.16. The lowest BCUT2D eigenvalue weighted by Gasteiger charge is -2.06. The summed E-state index contributed by atoms with van der Waals surface area (Å²) in [6.07, 6.45) is 3.27. The van der Waals surface area contributed by atoms with Crippen LogP contribution in [-0.4, -0.2) is 36.8 Å². The largest absolute Gasteiger partial charge is 0.494 e. The van der Waals surface area contributed by atoms with Gasteiger partial charge in [0.15, 0.2) is 4.80 Å². The number of aromatic nitrogens is 1. The molecule has 32 heavy (non-hydrogen) atoms. The third-order valence-electron chi connectivity index (χ3n) is 4.80. The summed E-state index contributed by atoms with van der Waals surface area (Å²) in [6.45, 7) is 5.23. The summed E-state index contributed by atoms with van der Waals surface area (Å²) < 4.78 is 18.6. The number of nitrogens with zero attached hydrogens (tertiary/aromatic N) is 2. The van der Waals surface area contributed by atoms with Gasteiger partial charge >= 0.3 is 5.97 Å². The van der Waals surface area contributed by atoms with Crippen molar-refractivity contribution in [2.24, 2.45) is 4.99 Å². The number of carbonyl (C=O) groups is 2. The molecule has 0 aliphatic heterocycles. The molecular weight excluding hydrogens is 428 g/mol. The van der Waals surface area contributed by atoms with Crippen molar-refractivity contribution in [3.63, 3.8) is 0 Å². The van der Waals surface area contributed by atoms with Gasteiger partial charge < -0.3 is 18.8 Å². The van der Waals surface area contributed by atoms with E-state index >= 15 is 0 Å². The minimum atomic E-state index is -0.419. The van der Waals surface area contributed by atoms with E-state index in [0.717, 1.165) is 41.0 Å². The summed E-state index contributed by atoms with van der Waals surface area (Å²) in [6, 6.07) is 12.5. The quantitative estimate of drug-likeness (QED) is 0.329. The van der Waals surface area contributed by atoms with Gasteiger partial charge in [-0.1, -0.05) is 31.1 Å². The Morgan fingerprint density at radius 3 is 2.44 bits per heavy atom. The fraction of sp³-hybridized carbons (Fsp3) is 0.375. The number of esters is 1. The average molecular weight is 457 g/mol. The predicted molar refractivity (Wildman–Crippen MR) is 124 cm³/mol. The van der Waals surface area contributed by atoms with Crippen LogP contribution in [0.3, 0.4) is 0 Å². The second kappa shape index (κ2) is 11.5. The number of benzene rings is 2. The van der Waals surface area contributed by atoms with E-state index < -0.39 is 11.9 Å². The number of ether oxygens (including phenoxy) is 3. The molecule has 0 bridgehead atoms. The van der Waals surface area contributed by atoms with Gasteiger partial charge in [-0.15, -0.1) is 0 Å². The number of carbonyl (C=O) groups excluding carboxylic acids is 2. The molecule has 2 aromatic carbocycles. The van der Waals surface area contributed by atoms with Crippen LogP contribution in [0.25, 0.3) is 10.2 Å². The molecule has 0 aliphatic rings. The first-order chi connectivity index (χ1) is 15.5. The molecule has 0 fully saturated rings. The topological polar surface area (TPSA) is 79.1 Å². The standard InChI is InChI=1S/C24H28N2O5S/c1-4-6-7-14-31-18-10-8-17(9-11-18)23(28)25-24-26(16-22(27)29-3)20-13-12-19(30-5-2)15-21(20)32-24/h8-13,15H,4-7,14,16H2,1-3H3. The van der Waals surface area contributed by atoms with Crippen molar-refractivity contribution in [2.75, 3.05) is 20.3 Å². The van der Waals surface area contributed by atoms with E-state index in [-0.39, 0.29) is 6.54 Å². The van der Waals surface area contributed by atoms with E-state index in [4.69, 9.17) is 14.2 Å². The van der Waals surface area contributed by atoms with E-state index in [0.29, 0.717) is 23.6 Å². The number of methoxy groups -OCH3 is 1. The summed E-state index contributed by atoms with van der Waals surface area (Å²) in [4.78, 5) is 29.5. The summed E-state index contributed by atoms with van der Waals surface area (Å²) in [5, 5.41) is 0. The van der Waals surface area contributed by atoms with Crippen LogP contribution < -0.4 is 14.3 Å². The Hall–Kier alpha value is -3.13. The van der Waals surface area contributed by atoms with Crippen LogP contribution in [-0.2, 0) is 16.1 Å². The molecular formula is C24H28N2O5S. The molecule has 170 valence electrons. The number of hydrogen-bond acceptors (Lipinski definition) is 6. The van der Waals surface area contributed by atoms with Crippen molar-refractivity contribution in [2.45, 2.75) is 39.7 Å². The minimum Gasteiger partial charge on any atom is -0.494 e. The van der Waals surface area contributed by atoms with Crippen LogP contribution in [0.15, 0.2) is 47.5 Å². The number of thiazole rings is 1. The van der Waals surface area contributed by atoms with Gasteiger partial charge in [0.05, 0.1) is 30.5 Å². The number of hydrogen-bond donors (Lipinski definition) is 0. The first-order valence-corrected chi connectivity index (χ1v) is 11.5. The van der Waals surface area contributed by atoms with Gasteiger partial charge in [0, 0.05) is 5.56 Å². The lowest BCUT2D eigenvalue weighted by atomic mass is 10.2. The molecule has 0 unspecified atom stereocenters. The van der Waals surface area contributed by atoms with E-state index in [2.05, 4.69) is 11.9 Å². The highest BCUT2D eigenvalue weighted by atomic mass is 32.1. The zero-order chi connectivity index (χ0) is 22.9. The maximum atomic E-state index is 12.8. The Morgan fingerprint density at radius 1 is 1.00 bits per heavy atom. The molecule has 0 spiro atoms. The van der Waals surface area contributed by atoms with Crippen LogP contribution in [0.2, 0.25) is 0 Å². The Morgan fingerprint density at radius 2 is 1.75 bits per heavy atom. The van der Waals surface area contributed by atoms with Crippen molar-refractivity contribution < 1.29 is 23.8 Å². The average Bonchev–Trinajstić information content (AvgIpc) is 3.13. The molecule has 3 rings (SSSR count). The van der Waals surface area contributed by atoms with Gasteiger partial charge in [-0.05, 0) is 55.8 Å². The van der Waals surface area contributed by atoms with Gasteiger partial charge in [0.25, 0.3) is 5.91 Å². The van der Waals surface area contributed by atoms with Gasteiger partial charge in [0.2, 0.25) is 0 Å². The van der Waals surface area contributed by atoms with Crippen LogP contribution in [0.5, 0.6) is 11.5 Å². The van der Waals surface area contributed by atoms with Crippen molar-refractivity contribution in [1.82, 2.24) is 4.57 Å². The predicted octanol–water partition coefficient (Wildman–Crippen LogP) is 4.58. The van der Waals surface area contributed by atoms with E-state index in [9.17, 15) is 9.59 Å². The molecule has 0 N–H and O–H groups in total. The summed E-state index contributed by atoms with van der Waals surface area (Å²) in [5.74, 6) is 0.636. The van der Waals surface area contributed by atoms with Crippen molar-refractivity contribution in [3.8, 4) is 11.5 Å². The molecule has 3 aromatic rings. The van der Waals surface area contributed by atoms with Crippen LogP contribution in [0.1, 0.15) is 43.5 Å². The molecule has 0 aliphatic carbocycles. The first kappa shape index (κ1) is 23.5. The fourth-order valence-electron chi connectivity index (χ4n) is 3.13. The lowest BCUT2D eigenvalue weighted by Crippen LogP contribution is -2.22. The molecule has 1 aromatic heterocycles. The number of unbranched alkanes of at least 4 members (excludes halogenated alkanes) is 2. The van der Waals surface area contributed by atoms with Gasteiger partial charge in [-0.2, -0.15) is 4.99 Å². The Labute approximate surface area is 191 Å². The van der Waals surface area contributed by atoms with E-state index in [1.54, 1.807) is 28.8 Å². The molecule has 0 saturated carbocycles. The fourth-order valence-corrected chi connectivity index (χ4v) is 4.19.